The summed E-state index contributed by atoms with van der Waals surface area (Å²) in [6.07, 6.45) is 0. The topological polar surface area (TPSA) is 131 Å². The number of thiophene rings is 1. The van der Waals surface area contributed by atoms with Gasteiger partial charge >= 0.3 is 0 Å². The first-order chi connectivity index (χ1) is 16.9. The van der Waals surface area contributed by atoms with E-state index in [0.29, 0.717) is 36.7 Å². The number of nitriles is 1. The van der Waals surface area contributed by atoms with Crippen molar-refractivity contribution in [2.24, 2.45) is 0 Å². The molecule has 0 saturated heterocycles. The highest BCUT2D eigenvalue weighted by Crippen LogP contribution is 2.43. The molecule has 7 nitrogen and oxygen atoms in total. The average molecular weight is 537 g/mol. The van der Waals surface area contributed by atoms with Gasteiger partial charge in [-0.1, -0.05) is 59.6 Å². The number of hydrogen-bond acceptors (Lipinski definition) is 8. The van der Waals surface area contributed by atoms with Crippen LogP contribution in [0.15, 0.2) is 53.9 Å². The molecule has 0 bridgehead atoms. The van der Waals surface area contributed by atoms with Crippen molar-refractivity contribution in [2.45, 2.75) is 0 Å². The van der Waals surface area contributed by atoms with Gasteiger partial charge < -0.3 is 11.5 Å². The molecule has 0 atom stereocenters. The highest BCUT2D eigenvalue weighted by Gasteiger charge is 2.24. The Morgan fingerprint density at radius 3 is 2.51 bits per heavy atom. The van der Waals surface area contributed by atoms with E-state index in [1.165, 1.54) is 11.3 Å². The maximum Gasteiger partial charge on any atom is 0.269 e. The fourth-order valence-electron chi connectivity index (χ4n) is 3.62. The van der Waals surface area contributed by atoms with Crippen molar-refractivity contribution >= 4 is 78.6 Å². The number of hydrogen-bond donors (Lipinski definition) is 3. The van der Waals surface area contributed by atoms with Gasteiger partial charge in [-0.15, -0.1) is 22.7 Å². The molecule has 0 fully saturated rings. The number of nitrogen functional groups attached to an aromatic ring is 2. The lowest BCUT2D eigenvalue weighted by Gasteiger charge is -2.09. The molecule has 0 spiro atoms. The largest absolute Gasteiger partial charge is 0.397 e. The van der Waals surface area contributed by atoms with Crippen molar-refractivity contribution in [3.05, 3.63) is 74.4 Å². The van der Waals surface area contributed by atoms with Crippen molar-refractivity contribution in [1.29, 1.82) is 5.26 Å². The second-order valence-electron chi connectivity index (χ2n) is 7.37. The fourth-order valence-corrected chi connectivity index (χ4v) is 5.64. The van der Waals surface area contributed by atoms with E-state index in [4.69, 9.17) is 34.7 Å². The number of halogens is 2. The molecule has 0 unspecified atom stereocenters. The van der Waals surface area contributed by atoms with Crippen LogP contribution < -0.4 is 16.8 Å². The Kier molecular flexibility index (Phi) is 6.05. The molecule has 0 saturated carbocycles. The third-order valence-electron chi connectivity index (χ3n) is 5.23. The summed E-state index contributed by atoms with van der Waals surface area (Å²) in [7, 11) is 0. The van der Waals surface area contributed by atoms with Gasteiger partial charge in [0, 0.05) is 21.9 Å². The van der Waals surface area contributed by atoms with Crippen LogP contribution in [0.5, 0.6) is 0 Å². The summed E-state index contributed by atoms with van der Waals surface area (Å²) < 4.78 is 0. The zero-order valence-corrected chi connectivity index (χ0v) is 20.8. The Balaban J connectivity index is 1.53. The number of carbonyl (C=O) groups excluding carboxylic acids is 1. The number of amides is 1. The number of thiazole rings is 1. The number of nitrogens with one attached hydrogen (secondary N) is 1. The van der Waals surface area contributed by atoms with Crippen LogP contribution in [0.1, 0.15) is 15.2 Å². The highest BCUT2D eigenvalue weighted by molar-refractivity contribution is 7.21. The number of nitrogens with two attached hydrogens (primary N) is 2. The molecule has 0 radical (unpaired) electrons. The Labute approximate surface area is 217 Å². The van der Waals surface area contributed by atoms with Gasteiger partial charge in [-0.05, 0) is 17.7 Å². The maximum atomic E-state index is 13.2. The smallest absolute Gasteiger partial charge is 0.269 e. The lowest BCUT2D eigenvalue weighted by molar-refractivity contribution is 0.103. The van der Waals surface area contributed by atoms with E-state index in [0.717, 1.165) is 22.5 Å². The van der Waals surface area contributed by atoms with Gasteiger partial charge in [-0.2, -0.15) is 5.26 Å². The summed E-state index contributed by atoms with van der Waals surface area (Å²) >= 11 is 14.5. The van der Waals surface area contributed by atoms with E-state index in [1.807, 2.05) is 30.3 Å². The third-order valence-corrected chi connectivity index (χ3v) is 7.82. The predicted octanol–water partition coefficient (Wildman–Crippen LogP) is 6.68. The first-order valence-corrected chi connectivity index (χ1v) is 12.5. The van der Waals surface area contributed by atoms with Gasteiger partial charge in [0.05, 0.1) is 21.4 Å². The van der Waals surface area contributed by atoms with Crippen molar-refractivity contribution in [3.8, 4) is 28.5 Å². The summed E-state index contributed by atoms with van der Waals surface area (Å²) in [6.45, 7) is 0. The Morgan fingerprint density at radius 1 is 1.03 bits per heavy atom. The Bertz CT molecular complexity index is 1660. The monoisotopic (exact) mass is 536 g/mol. The van der Waals surface area contributed by atoms with Crippen LogP contribution in [0.2, 0.25) is 10.0 Å². The lowest BCUT2D eigenvalue weighted by atomic mass is 9.97. The lowest BCUT2D eigenvalue weighted by Crippen LogP contribution is -2.11. The number of benzene rings is 2. The summed E-state index contributed by atoms with van der Waals surface area (Å²) in [5.41, 5.74) is 15.7. The van der Waals surface area contributed by atoms with Gasteiger partial charge in [0.2, 0.25) is 0 Å². The average Bonchev–Trinajstić information content (AvgIpc) is 3.45. The molecular weight excluding hydrogens is 523 g/mol. The van der Waals surface area contributed by atoms with Gasteiger partial charge in [-0.25, -0.2) is 9.97 Å². The number of anilines is 3. The second kappa shape index (κ2) is 9.17. The first-order valence-electron chi connectivity index (χ1n) is 10.1. The predicted molar refractivity (Wildman–Crippen MR) is 144 cm³/mol. The van der Waals surface area contributed by atoms with Gasteiger partial charge in [0.25, 0.3) is 5.91 Å². The maximum absolute atomic E-state index is 13.2. The molecule has 11 heteroatoms. The molecule has 5 N–H and O–H groups in total. The van der Waals surface area contributed by atoms with Gasteiger partial charge in [0.15, 0.2) is 5.13 Å². The molecule has 0 aliphatic carbocycles. The minimum Gasteiger partial charge on any atom is -0.397 e. The molecule has 2 aromatic carbocycles. The van der Waals surface area contributed by atoms with E-state index in [9.17, 15) is 10.1 Å². The molecule has 0 aliphatic heterocycles. The van der Waals surface area contributed by atoms with Crippen molar-refractivity contribution in [2.75, 3.05) is 16.8 Å². The molecule has 3 heterocycles. The molecule has 5 aromatic rings. The van der Waals surface area contributed by atoms with Crippen LogP contribution in [0.25, 0.3) is 32.6 Å². The van der Waals surface area contributed by atoms with Crippen LogP contribution in [-0.2, 0) is 0 Å². The Morgan fingerprint density at radius 2 is 1.80 bits per heavy atom. The van der Waals surface area contributed by atoms with E-state index in [2.05, 4.69) is 21.4 Å². The molecular formula is C24H14Cl2N6OS2. The second-order valence-corrected chi connectivity index (χ2v) is 10.0. The number of nitrogens with zero attached hydrogens (tertiary/aromatic N) is 3. The van der Waals surface area contributed by atoms with Crippen LogP contribution >= 0.6 is 45.9 Å². The first kappa shape index (κ1) is 23.1. The van der Waals surface area contributed by atoms with Crippen LogP contribution in [0, 0.1) is 11.3 Å². The number of aromatic nitrogens is 2. The normalized spacial score (nSPS) is 10.9. The molecule has 1 amide bonds. The molecule has 0 aliphatic rings. The number of rotatable bonds is 4. The molecule has 35 heavy (non-hydrogen) atoms. The van der Waals surface area contributed by atoms with Crippen molar-refractivity contribution in [1.82, 2.24) is 9.97 Å². The van der Waals surface area contributed by atoms with E-state index in [1.54, 1.807) is 23.6 Å². The van der Waals surface area contributed by atoms with E-state index < -0.39 is 5.91 Å². The standard InChI is InChI=1S/C24H14Cl2N6OS2/c25-14-7-6-12(8-15(14)26)16-10-34-24(30-16)32-22(33)20-19(28)18-17(11-4-2-1-3-5-11)13(9-27)21(29)31-23(18)35-20/h1-8,10H,28H2,(H2,29,31)(H,30,32,33). The molecule has 3 aromatic heterocycles. The number of carbonyl (C=O) groups is 1. The Hall–Kier alpha value is -3.68. The highest BCUT2D eigenvalue weighted by atomic mass is 35.5. The van der Waals surface area contributed by atoms with Gasteiger partial charge in [-0.3, -0.25) is 10.1 Å². The number of pyridine rings is 1. The molecule has 172 valence electrons. The van der Waals surface area contributed by atoms with E-state index in [-0.39, 0.29) is 21.9 Å². The van der Waals surface area contributed by atoms with Gasteiger partial charge in [0.1, 0.15) is 27.2 Å². The summed E-state index contributed by atoms with van der Waals surface area (Å²) in [5.74, 6) is -0.352. The summed E-state index contributed by atoms with van der Waals surface area (Å²) in [6, 6.07) is 16.6. The van der Waals surface area contributed by atoms with Crippen LogP contribution in [0.4, 0.5) is 16.6 Å². The summed E-state index contributed by atoms with van der Waals surface area (Å²) in [4.78, 5) is 22.7. The summed E-state index contributed by atoms with van der Waals surface area (Å²) in [5, 5.41) is 16.1. The minimum absolute atomic E-state index is 0.0817. The fraction of sp³-hybridized carbons (Fsp3) is 0. The third kappa shape index (κ3) is 4.17. The quantitative estimate of drug-likeness (QED) is 0.234. The van der Waals surface area contributed by atoms with Crippen LogP contribution in [0.3, 0.4) is 0 Å². The SMILES string of the molecule is N#Cc1c(N)nc2sc(C(=O)Nc3nc(-c4ccc(Cl)c(Cl)c4)cs3)c(N)c2c1-c1ccccc1. The minimum atomic E-state index is -0.434. The van der Waals surface area contributed by atoms with E-state index >= 15 is 0 Å². The molecule has 5 rings (SSSR count). The zero-order valence-electron chi connectivity index (χ0n) is 17.7. The number of fused-ring (bicyclic) bond motifs is 1. The van der Waals surface area contributed by atoms with Crippen LogP contribution in [-0.4, -0.2) is 15.9 Å². The van der Waals surface area contributed by atoms with Crippen molar-refractivity contribution in [3.63, 3.8) is 0 Å². The zero-order chi connectivity index (χ0) is 24.7. The van der Waals surface area contributed by atoms with Crippen molar-refractivity contribution < 1.29 is 4.79 Å².